The van der Waals surface area contributed by atoms with Crippen molar-refractivity contribution in [2.45, 2.75) is 126 Å². The summed E-state index contributed by atoms with van der Waals surface area (Å²) in [4.78, 5) is 0. The number of hydrogen-bond donors (Lipinski definition) is 0. The van der Waals surface area contributed by atoms with Crippen LogP contribution in [0.4, 0.5) is 0 Å². The van der Waals surface area contributed by atoms with Crippen LogP contribution in [0.25, 0.3) is 22.3 Å². The molecule has 2 radical (unpaired) electrons. The zero-order chi connectivity index (χ0) is 30.0. The van der Waals surface area contributed by atoms with Crippen LogP contribution < -0.4 is 3.58 Å². The Balaban J connectivity index is 2.56. The van der Waals surface area contributed by atoms with Gasteiger partial charge < -0.3 is 0 Å². The summed E-state index contributed by atoms with van der Waals surface area (Å²) < 4.78 is 2.98. The van der Waals surface area contributed by atoms with Crippen LogP contribution in [-0.4, -0.2) is 21.1 Å². The van der Waals surface area contributed by atoms with Gasteiger partial charge in [-0.3, -0.25) is 0 Å². The van der Waals surface area contributed by atoms with Crippen molar-refractivity contribution in [1.82, 2.24) is 0 Å². The molecule has 0 aliphatic rings. The molecule has 0 unspecified atom stereocenters. The van der Waals surface area contributed by atoms with Crippen LogP contribution in [0.15, 0.2) is 52.6 Å². The van der Waals surface area contributed by atoms with E-state index in [1.807, 2.05) is 0 Å². The van der Waals surface area contributed by atoms with E-state index in [1.54, 1.807) is 3.58 Å². The van der Waals surface area contributed by atoms with Crippen LogP contribution in [0.1, 0.15) is 159 Å². The van der Waals surface area contributed by atoms with Gasteiger partial charge in [-0.2, -0.15) is 0 Å². The molecule has 0 heterocycles. The van der Waals surface area contributed by atoms with Gasteiger partial charge in [0.15, 0.2) is 0 Å². The maximum absolute atomic E-state index is 4.50. The zero-order valence-electron chi connectivity index (χ0n) is 27.7. The Morgan fingerprint density at radius 1 is 0.525 bits per heavy atom. The second-order valence-corrected chi connectivity index (χ2v) is 18.3. The average Bonchev–Trinajstić information content (AvgIpc) is 2.86. The van der Waals surface area contributed by atoms with Crippen molar-refractivity contribution in [2.75, 3.05) is 0 Å². The minimum absolute atomic E-state index is 0.459. The van der Waals surface area contributed by atoms with Crippen LogP contribution in [-0.2, 0) is 0 Å². The van der Waals surface area contributed by atoms with Gasteiger partial charge in [0.1, 0.15) is 0 Å². The summed E-state index contributed by atoms with van der Waals surface area (Å²) in [5.41, 5.74) is 14.8. The van der Waals surface area contributed by atoms with Crippen LogP contribution in [0, 0.1) is 0 Å². The Labute approximate surface area is 257 Å². The van der Waals surface area contributed by atoms with E-state index in [0.717, 1.165) is 0 Å². The molecule has 0 fully saturated rings. The SMILES string of the molecule is C=[C](C)[Sn][c]1c(-c2c(C(C)C)cc(C(C)C)cc2C(C)C)cccc1-c1c(C(C)C)cc(C(C)C)cc1C(C)C. The van der Waals surface area contributed by atoms with E-state index in [2.05, 4.69) is 139 Å². The van der Waals surface area contributed by atoms with Crippen molar-refractivity contribution >= 4 is 24.7 Å². The summed E-state index contributed by atoms with van der Waals surface area (Å²) in [6.45, 7) is 35.0. The Bertz CT molecular complexity index is 1200. The van der Waals surface area contributed by atoms with E-state index < -0.39 is 21.1 Å². The molecule has 0 atom stereocenters. The second kappa shape index (κ2) is 13.5. The predicted molar refractivity (Wildman–Crippen MR) is 182 cm³/mol. The third-order valence-corrected chi connectivity index (χ3v) is 11.7. The normalized spacial score (nSPS) is 12.2. The van der Waals surface area contributed by atoms with Gasteiger partial charge in [0.2, 0.25) is 0 Å². The molecule has 214 valence electrons. The molecule has 0 spiro atoms. The van der Waals surface area contributed by atoms with E-state index in [0.29, 0.717) is 35.5 Å². The van der Waals surface area contributed by atoms with Gasteiger partial charge in [0.05, 0.1) is 0 Å². The molecule has 0 bridgehead atoms. The molecule has 0 aliphatic heterocycles. The first-order chi connectivity index (χ1) is 18.6. The quantitative estimate of drug-likeness (QED) is 0.193. The van der Waals surface area contributed by atoms with Gasteiger partial charge >= 0.3 is 259 Å². The fraction of sp³-hybridized carbons (Fsp3) is 0.487. The third kappa shape index (κ3) is 6.97. The predicted octanol–water partition coefficient (Wildman–Crippen LogP) is 11.6. The first kappa shape index (κ1) is 32.7. The minimum atomic E-state index is -1.09. The molecular weight excluding hydrogens is 587 g/mol. The summed E-state index contributed by atoms with van der Waals surface area (Å²) in [6, 6.07) is 17.2. The summed E-state index contributed by atoms with van der Waals surface area (Å²) in [7, 11) is 0. The Kier molecular flexibility index (Phi) is 11.0. The van der Waals surface area contributed by atoms with Crippen molar-refractivity contribution < 1.29 is 0 Å². The Morgan fingerprint density at radius 2 is 0.825 bits per heavy atom. The van der Waals surface area contributed by atoms with Crippen molar-refractivity contribution in [2.24, 2.45) is 0 Å². The van der Waals surface area contributed by atoms with Gasteiger partial charge in [-0.1, -0.05) is 0 Å². The number of rotatable bonds is 10. The Hall–Kier alpha value is -1.80. The second-order valence-electron chi connectivity index (χ2n) is 13.7. The first-order valence-electron chi connectivity index (χ1n) is 15.6. The zero-order valence-corrected chi connectivity index (χ0v) is 30.6. The molecular formula is C39H54Sn. The van der Waals surface area contributed by atoms with Crippen molar-refractivity contribution in [1.29, 1.82) is 0 Å². The fourth-order valence-electron chi connectivity index (χ4n) is 5.85. The molecule has 0 N–H and O–H groups in total. The van der Waals surface area contributed by atoms with Crippen LogP contribution in [0.3, 0.4) is 0 Å². The van der Waals surface area contributed by atoms with Gasteiger partial charge in [-0.15, -0.1) is 0 Å². The molecule has 3 aromatic rings. The molecule has 0 nitrogen and oxygen atoms in total. The molecule has 0 saturated heterocycles. The van der Waals surface area contributed by atoms with Crippen LogP contribution >= 0.6 is 0 Å². The van der Waals surface area contributed by atoms with Gasteiger partial charge in [-0.05, 0) is 0 Å². The maximum atomic E-state index is 4.50. The summed E-state index contributed by atoms with van der Waals surface area (Å²) >= 11 is -1.09. The van der Waals surface area contributed by atoms with E-state index in [9.17, 15) is 0 Å². The van der Waals surface area contributed by atoms with Crippen molar-refractivity contribution in [3.05, 3.63) is 86.0 Å². The van der Waals surface area contributed by atoms with Crippen LogP contribution in [0.5, 0.6) is 0 Å². The Morgan fingerprint density at radius 3 is 1.05 bits per heavy atom. The van der Waals surface area contributed by atoms with Crippen molar-refractivity contribution in [3.63, 3.8) is 0 Å². The van der Waals surface area contributed by atoms with Gasteiger partial charge in [0.25, 0.3) is 0 Å². The number of hydrogen-bond acceptors (Lipinski definition) is 0. The molecule has 0 amide bonds. The van der Waals surface area contributed by atoms with Crippen LogP contribution in [0.2, 0.25) is 0 Å². The molecule has 1 heteroatoms. The molecule has 3 rings (SSSR count). The van der Waals surface area contributed by atoms with Gasteiger partial charge in [-0.25, -0.2) is 0 Å². The summed E-state index contributed by atoms with van der Waals surface area (Å²) in [5.74, 6) is 2.87. The molecule has 40 heavy (non-hydrogen) atoms. The van der Waals surface area contributed by atoms with E-state index in [-0.39, 0.29) is 0 Å². The number of benzene rings is 3. The molecule has 0 aliphatic carbocycles. The standard InChI is InChI=1S/C36H49.C3H5.Sn/c1-21(2)29-17-31(23(5)6)35(32(18-29)24(7)8)27-14-13-15-28(16-27)36-33(25(9)10)19-30(22(3)4)20-34(36)26(11)12;1-3-2;/h13-15,17-26H,1-12H3;1H2,2H3;. The molecule has 0 aromatic heterocycles. The van der Waals surface area contributed by atoms with E-state index in [4.69, 9.17) is 0 Å². The fourth-order valence-corrected chi connectivity index (χ4v) is 9.03. The number of allylic oxidation sites excluding steroid dienone is 1. The average molecular weight is 642 g/mol. The van der Waals surface area contributed by atoms with E-state index in [1.165, 1.54) is 59.2 Å². The summed E-state index contributed by atoms with van der Waals surface area (Å²) in [5, 5.41) is 0. The van der Waals surface area contributed by atoms with Crippen molar-refractivity contribution in [3.8, 4) is 22.3 Å². The topological polar surface area (TPSA) is 0 Å². The monoisotopic (exact) mass is 642 g/mol. The molecule has 0 saturated carbocycles. The summed E-state index contributed by atoms with van der Waals surface area (Å²) in [6.07, 6.45) is 0. The molecule has 3 aromatic carbocycles. The van der Waals surface area contributed by atoms with Gasteiger partial charge in [0, 0.05) is 0 Å². The van der Waals surface area contributed by atoms with E-state index >= 15 is 0 Å². The third-order valence-electron chi connectivity index (χ3n) is 8.21. The first-order valence-corrected chi connectivity index (χ1v) is 18.4.